The highest BCUT2D eigenvalue weighted by Gasteiger charge is 2.39. The van der Waals surface area contributed by atoms with E-state index in [1.165, 1.54) is 11.8 Å². The number of aryl methyl sites for hydroxylation is 1. The van der Waals surface area contributed by atoms with Crippen LogP contribution in [0, 0.1) is 12.8 Å². The van der Waals surface area contributed by atoms with Crippen molar-refractivity contribution >= 4 is 29.5 Å². The fourth-order valence-corrected chi connectivity index (χ4v) is 5.25. The topological polar surface area (TPSA) is 159 Å². The van der Waals surface area contributed by atoms with Gasteiger partial charge in [-0.05, 0) is 62.4 Å². The minimum Gasteiger partial charge on any atom is -0.484 e. The lowest BCUT2D eigenvalue weighted by atomic mass is 10.0. The molecule has 1 saturated heterocycles. The number of ether oxygens (including phenoxy) is 1. The Morgan fingerprint density at radius 2 is 1.77 bits per heavy atom. The molecule has 4 N–H and O–H groups in total. The minimum absolute atomic E-state index is 0.180. The molecule has 3 aliphatic rings. The maximum atomic E-state index is 13.5. The molecule has 1 aromatic heterocycles. The van der Waals surface area contributed by atoms with Gasteiger partial charge in [0.25, 0.3) is 5.91 Å². The SMILES string of the molecule is Cc1ccc(CCNC(=O)[C@@H]2Cc3ccc(cc3)OCC(=O)N[C@@H](C(C)C)C(=O)N3CCC[C@@H]3C(=O)N[C@@H](C)C(=O)N2)o1. The van der Waals surface area contributed by atoms with Crippen LogP contribution < -0.4 is 26.0 Å². The van der Waals surface area contributed by atoms with E-state index in [0.717, 1.165) is 17.1 Å². The zero-order valence-electron chi connectivity index (χ0n) is 25.1. The van der Waals surface area contributed by atoms with E-state index in [9.17, 15) is 24.0 Å². The lowest BCUT2D eigenvalue weighted by Gasteiger charge is -2.31. The molecule has 4 heterocycles. The molecular formula is C31H41N5O7. The third kappa shape index (κ3) is 8.36. The fourth-order valence-electron chi connectivity index (χ4n) is 5.25. The molecule has 2 aromatic rings. The minimum atomic E-state index is -0.968. The molecule has 2 bridgehead atoms. The van der Waals surface area contributed by atoms with Gasteiger partial charge in [0.05, 0.1) is 0 Å². The van der Waals surface area contributed by atoms with Gasteiger partial charge in [-0.1, -0.05) is 26.0 Å². The van der Waals surface area contributed by atoms with Crippen LogP contribution in [-0.4, -0.2) is 78.3 Å². The van der Waals surface area contributed by atoms with Crippen LogP contribution in [0.1, 0.15) is 50.7 Å². The number of hydrogen-bond donors (Lipinski definition) is 4. The van der Waals surface area contributed by atoms with Crippen LogP contribution in [0.3, 0.4) is 0 Å². The molecule has 0 aliphatic carbocycles. The van der Waals surface area contributed by atoms with Crippen molar-refractivity contribution in [1.82, 2.24) is 26.2 Å². The van der Waals surface area contributed by atoms with Crippen molar-refractivity contribution in [2.24, 2.45) is 5.92 Å². The molecule has 12 nitrogen and oxygen atoms in total. The Morgan fingerprint density at radius 3 is 2.44 bits per heavy atom. The van der Waals surface area contributed by atoms with E-state index in [4.69, 9.17) is 9.15 Å². The third-order valence-corrected chi connectivity index (χ3v) is 7.67. The molecule has 43 heavy (non-hydrogen) atoms. The van der Waals surface area contributed by atoms with Crippen molar-refractivity contribution < 1.29 is 33.1 Å². The van der Waals surface area contributed by atoms with Gasteiger partial charge >= 0.3 is 0 Å². The molecule has 0 saturated carbocycles. The van der Waals surface area contributed by atoms with E-state index in [2.05, 4.69) is 21.3 Å². The highest BCUT2D eigenvalue weighted by atomic mass is 16.5. The first-order valence-corrected chi connectivity index (χ1v) is 14.8. The second kappa shape index (κ2) is 14.2. The Bertz CT molecular complexity index is 1320. The Kier molecular flexibility index (Phi) is 10.4. The first kappa shape index (κ1) is 31.6. The molecule has 12 heteroatoms. The summed E-state index contributed by atoms with van der Waals surface area (Å²) in [4.78, 5) is 67.4. The van der Waals surface area contributed by atoms with E-state index in [-0.39, 0.29) is 30.8 Å². The molecule has 1 fully saturated rings. The highest BCUT2D eigenvalue weighted by molar-refractivity contribution is 5.96. The second-order valence-corrected chi connectivity index (χ2v) is 11.5. The fraction of sp³-hybridized carbons (Fsp3) is 0.516. The molecule has 5 rings (SSSR count). The van der Waals surface area contributed by atoms with Crippen molar-refractivity contribution in [2.45, 2.75) is 77.5 Å². The van der Waals surface area contributed by atoms with E-state index in [1.54, 1.807) is 24.3 Å². The number of nitrogens with one attached hydrogen (secondary N) is 4. The smallest absolute Gasteiger partial charge is 0.258 e. The van der Waals surface area contributed by atoms with Gasteiger partial charge in [0.15, 0.2) is 6.61 Å². The van der Waals surface area contributed by atoms with Crippen LogP contribution in [0.15, 0.2) is 40.8 Å². The summed E-state index contributed by atoms with van der Waals surface area (Å²) in [6, 6.07) is 7.03. The molecule has 232 valence electrons. The van der Waals surface area contributed by atoms with Crippen LogP contribution in [0.4, 0.5) is 0 Å². The summed E-state index contributed by atoms with van der Waals surface area (Å²) in [5.41, 5.74) is 0.751. The number of nitrogens with zero attached hydrogens (tertiary/aromatic N) is 1. The van der Waals surface area contributed by atoms with E-state index >= 15 is 0 Å². The summed E-state index contributed by atoms with van der Waals surface area (Å²) in [6.45, 7) is 7.39. The lowest BCUT2D eigenvalue weighted by Crippen LogP contribution is -2.58. The maximum Gasteiger partial charge on any atom is 0.258 e. The van der Waals surface area contributed by atoms with Gasteiger partial charge in [-0.25, -0.2) is 0 Å². The van der Waals surface area contributed by atoms with Gasteiger partial charge in [-0.2, -0.15) is 0 Å². The predicted octanol–water partition coefficient (Wildman–Crippen LogP) is 1.00. The van der Waals surface area contributed by atoms with Crippen molar-refractivity contribution in [2.75, 3.05) is 19.7 Å². The molecule has 4 atom stereocenters. The number of carbonyl (C=O) groups excluding carboxylic acids is 5. The molecule has 1 aromatic carbocycles. The van der Waals surface area contributed by atoms with Crippen LogP contribution in [0.5, 0.6) is 5.75 Å². The molecule has 3 aliphatic heterocycles. The quantitative estimate of drug-likeness (QED) is 0.401. The Morgan fingerprint density at radius 1 is 1.02 bits per heavy atom. The van der Waals surface area contributed by atoms with E-state index in [1.807, 2.05) is 32.9 Å². The Hall–Kier alpha value is -4.35. The summed E-state index contributed by atoms with van der Waals surface area (Å²) in [6.07, 6.45) is 1.71. The second-order valence-electron chi connectivity index (χ2n) is 11.5. The number of benzene rings is 1. The van der Waals surface area contributed by atoms with Crippen molar-refractivity contribution in [1.29, 1.82) is 0 Å². The normalized spacial score (nSPS) is 23.8. The van der Waals surface area contributed by atoms with E-state index < -0.39 is 41.9 Å². The van der Waals surface area contributed by atoms with Gasteiger partial charge < -0.3 is 35.3 Å². The van der Waals surface area contributed by atoms with Crippen molar-refractivity contribution in [3.8, 4) is 5.75 Å². The number of furan rings is 1. The molecule has 0 spiro atoms. The molecule has 0 unspecified atom stereocenters. The van der Waals surface area contributed by atoms with E-state index in [0.29, 0.717) is 38.1 Å². The molecule has 5 amide bonds. The third-order valence-electron chi connectivity index (χ3n) is 7.67. The average Bonchev–Trinajstić information content (AvgIpc) is 3.63. The molecule has 0 radical (unpaired) electrons. The first-order chi connectivity index (χ1) is 20.5. The number of amides is 5. The summed E-state index contributed by atoms with van der Waals surface area (Å²) in [5.74, 6) is -0.476. The lowest BCUT2D eigenvalue weighted by molar-refractivity contribution is -0.143. The van der Waals surface area contributed by atoms with Crippen LogP contribution in [-0.2, 0) is 36.8 Å². The predicted molar refractivity (Wildman–Crippen MR) is 157 cm³/mol. The van der Waals surface area contributed by atoms with Gasteiger partial charge in [-0.3, -0.25) is 24.0 Å². The van der Waals surface area contributed by atoms with Gasteiger partial charge in [0.1, 0.15) is 41.4 Å². The average molecular weight is 596 g/mol. The summed E-state index contributed by atoms with van der Waals surface area (Å²) >= 11 is 0. The van der Waals surface area contributed by atoms with Gasteiger partial charge in [0, 0.05) is 25.9 Å². The first-order valence-electron chi connectivity index (χ1n) is 14.8. The van der Waals surface area contributed by atoms with Gasteiger partial charge in [0.2, 0.25) is 23.6 Å². The van der Waals surface area contributed by atoms with Gasteiger partial charge in [-0.15, -0.1) is 0 Å². The van der Waals surface area contributed by atoms with Crippen LogP contribution in [0.2, 0.25) is 0 Å². The number of hydrogen-bond acceptors (Lipinski definition) is 7. The number of fused-ring (bicyclic) bond motifs is 13. The Labute approximate surface area is 251 Å². The largest absolute Gasteiger partial charge is 0.484 e. The zero-order chi connectivity index (χ0) is 31.1. The maximum absolute atomic E-state index is 13.5. The standard InChI is InChI=1S/C31H41N5O7/c1-18(2)27-31(41)36-15-5-6-25(36)30(40)33-20(4)28(38)34-24(29(39)32-14-13-23-10-7-19(3)43-23)16-21-8-11-22(12-9-21)42-17-26(37)35-27/h7-12,18,20,24-25,27H,5-6,13-17H2,1-4H3,(H,32,39)(H,33,40)(H,34,38)(H,35,37)/t20-,24-,25+,27-/m0/s1. The van der Waals surface area contributed by atoms with Crippen LogP contribution in [0.25, 0.3) is 0 Å². The zero-order valence-corrected chi connectivity index (χ0v) is 25.1. The van der Waals surface area contributed by atoms with Crippen molar-refractivity contribution in [3.63, 3.8) is 0 Å². The monoisotopic (exact) mass is 595 g/mol. The summed E-state index contributed by atoms with van der Waals surface area (Å²) in [5, 5.41) is 11.1. The van der Waals surface area contributed by atoms with Crippen LogP contribution >= 0.6 is 0 Å². The number of rotatable bonds is 5. The van der Waals surface area contributed by atoms with Crippen molar-refractivity contribution in [3.05, 3.63) is 53.5 Å². The summed E-state index contributed by atoms with van der Waals surface area (Å²) in [7, 11) is 0. The molecular weight excluding hydrogens is 554 g/mol. The number of carbonyl (C=O) groups is 5. The Balaban J connectivity index is 1.53. The highest BCUT2D eigenvalue weighted by Crippen LogP contribution is 2.21. The summed E-state index contributed by atoms with van der Waals surface area (Å²) < 4.78 is 11.2.